The number of nitrogens with zero attached hydrogens (tertiary/aromatic N) is 2. The van der Waals surface area contributed by atoms with Gasteiger partial charge in [0.2, 0.25) is 0 Å². The molecule has 0 saturated carbocycles. The van der Waals surface area contributed by atoms with E-state index in [4.69, 9.17) is 0 Å². The van der Waals surface area contributed by atoms with Gasteiger partial charge in [0.05, 0.1) is 10.1 Å². The molecule has 0 radical (unpaired) electrons. The van der Waals surface area contributed by atoms with Crippen LogP contribution in [0, 0.1) is 0 Å². The lowest BCUT2D eigenvalue weighted by atomic mass is 10.8. The first-order valence-corrected chi connectivity index (χ1v) is 5.95. The summed E-state index contributed by atoms with van der Waals surface area (Å²) < 4.78 is 0. The molecule has 0 N–H and O–H groups in total. The van der Waals surface area contributed by atoms with Crippen LogP contribution < -0.4 is 0 Å². The van der Waals surface area contributed by atoms with E-state index in [0.29, 0.717) is 0 Å². The number of aliphatic imine (C=N–C) groups is 2. The zero-order valence-electron chi connectivity index (χ0n) is 7.99. The van der Waals surface area contributed by atoms with Crippen molar-refractivity contribution in [1.82, 2.24) is 0 Å². The SMILES string of the molecule is C=C/N=C(\C)SC/C(=N\C=C)SC. The van der Waals surface area contributed by atoms with Gasteiger partial charge in [0.1, 0.15) is 0 Å². The van der Waals surface area contributed by atoms with Gasteiger partial charge in [-0.15, -0.1) is 23.5 Å². The van der Waals surface area contributed by atoms with E-state index >= 15 is 0 Å². The fourth-order valence-electron chi connectivity index (χ4n) is 0.583. The van der Waals surface area contributed by atoms with E-state index in [9.17, 15) is 0 Å². The summed E-state index contributed by atoms with van der Waals surface area (Å²) in [6.45, 7) is 9.04. The van der Waals surface area contributed by atoms with E-state index in [2.05, 4.69) is 23.1 Å². The van der Waals surface area contributed by atoms with Crippen LogP contribution in [0.3, 0.4) is 0 Å². The van der Waals surface area contributed by atoms with Crippen molar-refractivity contribution in [2.75, 3.05) is 12.0 Å². The Labute approximate surface area is 88.3 Å². The predicted molar refractivity (Wildman–Crippen MR) is 66.9 cm³/mol. The average molecular weight is 214 g/mol. The standard InChI is InChI=1S/C9H14N2S2/c1-5-10-8(3)13-7-9(12-4)11-6-2/h5-6H,1-2,7H2,3-4H3/b10-8+,11-9+. The molecule has 0 amide bonds. The van der Waals surface area contributed by atoms with Crippen molar-refractivity contribution in [3.8, 4) is 0 Å². The highest BCUT2D eigenvalue weighted by Gasteiger charge is 1.98. The van der Waals surface area contributed by atoms with Crippen LogP contribution in [0.4, 0.5) is 0 Å². The molecular weight excluding hydrogens is 200 g/mol. The summed E-state index contributed by atoms with van der Waals surface area (Å²) in [5, 5.41) is 2.06. The minimum Gasteiger partial charge on any atom is -0.255 e. The van der Waals surface area contributed by atoms with Crippen LogP contribution in [0.25, 0.3) is 0 Å². The van der Waals surface area contributed by atoms with E-state index < -0.39 is 0 Å². The Morgan fingerprint density at radius 1 is 1.31 bits per heavy atom. The maximum absolute atomic E-state index is 4.12. The second kappa shape index (κ2) is 8.13. The molecule has 0 aromatic heterocycles. The molecule has 0 aliphatic rings. The third-order valence-electron chi connectivity index (χ3n) is 1.15. The summed E-state index contributed by atoms with van der Waals surface area (Å²) in [4.78, 5) is 8.16. The Kier molecular flexibility index (Phi) is 7.83. The molecular formula is C9H14N2S2. The van der Waals surface area contributed by atoms with Crippen LogP contribution in [-0.2, 0) is 0 Å². The lowest BCUT2D eigenvalue weighted by Crippen LogP contribution is -1.97. The largest absolute Gasteiger partial charge is 0.255 e. The maximum Gasteiger partial charge on any atom is 0.0831 e. The zero-order chi connectivity index (χ0) is 10.1. The Bertz CT molecular complexity index is 232. The van der Waals surface area contributed by atoms with Gasteiger partial charge in [0.15, 0.2) is 0 Å². The van der Waals surface area contributed by atoms with Crippen molar-refractivity contribution in [1.29, 1.82) is 0 Å². The normalized spacial score (nSPS) is 12.8. The molecule has 0 rings (SSSR count). The van der Waals surface area contributed by atoms with E-state index in [1.807, 2.05) is 13.2 Å². The summed E-state index contributed by atoms with van der Waals surface area (Å²) in [5.41, 5.74) is 0. The fraction of sp³-hybridized carbons (Fsp3) is 0.333. The molecule has 0 saturated heterocycles. The third-order valence-corrected chi connectivity index (χ3v) is 2.99. The minimum atomic E-state index is 0.844. The monoisotopic (exact) mass is 214 g/mol. The Morgan fingerprint density at radius 3 is 2.38 bits per heavy atom. The molecule has 0 spiro atoms. The molecule has 0 aliphatic carbocycles. The van der Waals surface area contributed by atoms with Gasteiger partial charge in [-0.2, -0.15) is 0 Å². The Hall–Kier alpha value is -0.480. The molecule has 0 aliphatic heterocycles. The molecule has 2 nitrogen and oxygen atoms in total. The Balaban J connectivity index is 3.98. The highest BCUT2D eigenvalue weighted by Crippen LogP contribution is 2.10. The second-order valence-corrected chi connectivity index (χ2v) is 4.08. The van der Waals surface area contributed by atoms with Crippen LogP contribution in [-0.4, -0.2) is 22.1 Å². The van der Waals surface area contributed by atoms with Gasteiger partial charge in [-0.25, -0.2) is 0 Å². The van der Waals surface area contributed by atoms with Crippen molar-refractivity contribution in [3.05, 3.63) is 25.6 Å². The first-order chi connectivity index (χ1) is 6.24. The lowest BCUT2D eigenvalue weighted by molar-refractivity contribution is 1.58. The summed E-state index contributed by atoms with van der Waals surface area (Å²) in [7, 11) is 0. The van der Waals surface area contributed by atoms with Crippen LogP contribution in [0.1, 0.15) is 6.92 Å². The molecule has 4 heteroatoms. The van der Waals surface area contributed by atoms with Crippen LogP contribution in [0.15, 0.2) is 35.5 Å². The quantitative estimate of drug-likeness (QED) is 0.530. The van der Waals surface area contributed by atoms with Gasteiger partial charge in [0, 0.05) is 18.2 Å². The van der Waals surface area contributed by atoms with Crippen LogP contribution in [0.2, 0.25) is 0 Å². The van der Waals surface area contributed by atoms with Gasteiger partial charge in [-0.3, -0.25) is 9.98 Å². The van der Waals surface area contributed by atoms with Crippen LogP contribution >= 0.6 is 23.5 Å². The van der Waals surface area contributed by atoms with E-state index in [1.165, 1.54) is 0 Å². The summed E-state index contributed by atoms with van der Waals surface area (Å²) in [6, 6.07) is 0. The van der Waals surface area contributed by atoms with Crippen molar-refractivity contribution in [3.63, 3.8) is 0 Å². The molecule has 0 heterocycles. The molecule has 72 valence electrons. The molecule has 0 atom stereocenters. The first-order valence-electron chi connectivity index (χ1n) is 3.74. The van der Waals surface area contributed by atoms with Crippen molar-refractivity contribution < 1.29 is 0 Å². The van der Waals surface area contributed by atoms with Gasteiger partial charge < -0.3 is 0 Å². The molecule has 13 heavy (non-hydrogen) atoms. The fourth-order valence-corrected chi connectivity index (χ4v) is 1.97. The van der Waals surface area contributed by atoms with Crippen molar-refractivity contribution in [2.24, 2.45) is 9.98 Å². The number of rotatable bonds is 4. The van der Waals surface area contributed by atoms with Gasteiger partial charge >= 0.3 is 0 Å². The van der Waals surface area contributed by atoms with E-state index in [1.54, 1.807) is 35.9 Å². The minimum absolute atomic E-state index is 0.844. The van der Waals surface area contributed by atoms with Crippen molar-refractivity contribution in [2.45, 2.75) is 6.92 Å². The smallest absolute Gasteiger partial charge is 0.0831 e. The number of thioether (sulfide) groups is 2. The van der Waals surface area contributed by atoms with E-state index in [-0.39, 0.29) is 0 Å². The topological polar surface area (TPSA) is 24.7 Å². The number of hydrogen-bond donors (Lipinski definition) is 0. The molecule has 0 fully saturated rings. The van der Waals surface area contributed by atoms with E-state index in [0.717, 1.165) is 15.8 Å². The predicted octanol–water partition coefficient (Wildman–Crippen LogP) is 3.19. The first kappa shape index (κ1) is 12.5. The average Bonchev–Trinajstić information content (AvgIpc) is 2.12. The van der Waals surface area contributed by atoms with Gasteiger partial charge in [-0.05, 0) is 13.2 Å². The van der Waals surface area contributed by atoms with Crippen LogP contribution in [0.5, 0.6) is 0 Å². The number of hydrogen-bond acceptors (Lipinski definition) is 4. The zero-order valence-corrected chi connectivity index (χ0v) is 9.62. The summed E-state index contributed by atoms with van der Waals surface area (Å²) in [5.74, 6) is 0.844. The second-order valence-electron chi connectivity index (χ2n) is 2.03. The highest BCUT2D eigenvalue weighted by atomic mass is 32.2. The summed E-state index contributed by atoms with van der Waals surface area (Å²) in [6.07, 6.45) is 5.11. The highest BCUT2D eigenvalue weighted by molar-refractivity contribution is 8.19. The van der Waals surface area contributed by atoms with Crippen molar-refractivity contribution >= 4 is 33.6 Å². The summed E-state index contributed by atoms with van der Waals surface area (Å²) >= 11 is 3.28. The lowest BCUT2D eigenvalue weighted by Gasteiger charge is -2.00. The molecule has 0 unspecified atom stereocenters. The molecule has 0 aromatic carbocycles. The van der Waals surface area contributed by atoms with Gasteiger partial charge in [-0.1, -0.05) is 13.2 Å². The molecule has 0 bridgehead atoms. The molecule has 0 aromatic rings. The Morgan fingerprint density at radius 2 is 1.92 bits per heavy atom. The maximum atomic E-state index is 4.12. The van der Waals surface area contributed by atoms with Gasteiger partial charge in [0.25, 0.3) is 0 Å². The third kappa shape index (κ3) is 6.66.